The summed E-state index contributed by atoms with van der Waals surface area (Å²) in [7, 11) is 0. The molecule has 1 unspecified atom stereocenters. The van der Waals surface area contributed by atoms with Gasteiger partial charge in [0.25, 0.3) is 5.89 Å². The Balaban J connectivity index is 0.00000182. The first-order valence-electron chi connectivity index (χ1n) is 8.71. The summed E-state index contributed by atoms with van der Waals surface area (Å²) >= 11 is 0. The van der Waals surface area contributed by atoms with Crippen molar-refractivity contribution in [2.75, 3.05) is 13.2 Å². The van der Waals surface area contributed by atoms with E-state index < -0.39 is 5.54 Å². The molecule has 2 fully saturated rings. The highest BCUT2D eigenvalue weighted by molar-refractivity contribution is 5.85. The summed E-state index contributed by atoms with van der Waals surface area (Å²) in [6.45, 7) is 1.44. The summed E-state index contributed by atoms with van der Waals surface area (Å²) in [5.41, 5.74) is 6.83. The van der Waals surface area contributed by atoms with Gasteiger partial charge < -0.3 is 19.7 Å². The highest BCUT2D eigenvalue weighted by atomic mass is 35.5. The summed E-state index contributed by atoms with van der Waals surface area (Å²) in [5, 5.41) is 4.10. The first-order valence-corrected chi connectivity index (χ1v) is 8.71. The van der Waals surface area contributed by atoms with Gasteiger partial charge >= 0.3 is 0 Å². The van der Waals surface area contributed by atoms with Crippen molar-refractivity contribution in [1.82, 2.24) is 10.1 Å². The molecule has 6 nitrogen and oxygen atoms in total. The van der Waals surface area contributed by atoms with Gasteiger partial charge in [-0.05, 0) is 49.9 Å². The lowest BCUT2D eigenvalue weighted by Gasteiger charge is -2.17. The molecule has 7 heteroatoms. The van der Waals surface area contributed by atoms with Gasteiger partial charge in [0.05, 0.1) is 11.6 Å². The van der Waals surface area contributed by atoms with E-state index in [-0.39, 0.29) is 18.5 Å². The lowest BCUT2D eigenvalue weighted by Crippen LogP contribution is -2.34. The molecule has 0 bridgehead atoms. The summed E-state index contributed by atoms with van der Waals surface area (Å²) < 4.78 is 16.7. The molecule has 4 rings (SSSR count). The maximum atomic E-state index is 6.38. The number of hydrogen-bond donors (Lipinski definition) is 1. The maximum Gasteiger partial charge on any atom is 0.257 e. The van der Waals surface area contributed by atoms with E-state index in [1.54, 1.807) is 0 Å². The second kappa shape index (κ2) is 7.72. The number of aromatic nitrogens is 2. The number of nitrogens with zero attached hydrogens (tertiary/aromatic N) is 2. The minimum absolute atomic E-state index is 0. The molecule has 0 radical (unpaired) electrons. The van der Waals surface area contributed by atoms with Crippen molar-refractivity contribution in [3.8, 4) is 17.2 Å². The lowest BCUT2D eigenvalue weighted by atomic mass is 9.99. The summed E-state index contributed by atoms with van der Waals surface area (Å²) in [6, 6.07) is 7.70. The zero-order valence-electron chi connectivity index (χ0n) is 14.1. The quantitative estimate of drug-likeness (QED) is 0.873. The molecule has 2 N–H and O–H groups in total. The van der Waals surface area contributed by atoms with Crippen molar-refractivity contribution in [2.24, 2.45) is 5.73 Å². The first kappa shape index (κ1) is 18.2. The minimum atomic E-state index is -0.425. The zero-order valence-corrected chi connectivity index (χ0v) is 15.0. The molecule has 1 saturated carbocycles. The summed E-state index contributed by atoms with van der Waals surface area (Å²) in [5.74, 6) is 1.95. The van der Waals surface area contributed by atoms with Gasteiger partial charge in [-0.15, -0.1) is 12.4 Å². The fourth-order valence-electron chi connectivity index (χ4n) is 3.43. The SMILES string of the molecule is Cl.NC1(c2noc(-c3ccc(OCC4CCCO4)cc3)n2)CCCC1. The number of benzene rings is 1. The fourth-order valence-corrected chi connectivity index (χ4v) is 3.43. The Kier molecular flexibility index (Phi) is 5.61. The molecule has 1 atom stereocenters. The average Bonchev–Trinajstić information content (AvgIpc) is 3.35. The smallest absolute Gasteiger partial charge is 0.257 e. The Hall–Kier alpha value is -1.63. The summed E-state index contributed by atoms with van der Waals surface area (Å²) in [6.07, 6.45) is 6.49. The third-order valence-electron chi connectivity index (χ3n) is 4.93. The Morgan fingerprint density at radius 2 is 1.92 bits per heavy atom. The Labute approximate surface area is 153 Å². The van der Waals surface area contributed by atoms with Gasteiger partial charge in [0, 0.05) is 12.2 Å². The molecule has 1 aromatic carbocycles. The molecular formula is C18H24ClN3O3. The molecule has 0 spiro atoms. The van der Waals surface area contributed by atoms with Crippen LogP contribution in [0, 0.1) is 0 Å². The summed E-state index contributed by atoms with van der Waals surface area (Å²) in [4.78, 5) is 4.51. The Bertz CT molecular complexity index is 677. The van der Waals surface area contributed by atoms with Gasteiger partial charge in [-0.3, -0.25) is 0 Å². The van der Waals surface area contributed by atoms with E-state index in [2.05, 4.69) is 10.1 Å². The van der Waals surface area contributed by atoms with Crippen LogP contribution in [-0.2, 0) is 10.3 Å². The zero-order chi connectivity index (χ0) is 16.4. The van der Waals surface area contributed by atoms with Crippen LogP contribution < -0.4 is 10.5 Å². The van der Waals surface area contributed by atoms with Crippen LogP contribution in [0.25, 0.3) is 11.5 Å². The minimum Gasteiger partial charge on any atom is -0.491 e. The predicted octanol–water partition coefficient (Wildman–Crippen LogP) is 3.44. The predicted molar refractivity (Wildman–Crippen MR) is 95.8 cm³/mol. The number of ether oxygens (including phenoxy) is 2. The van der Waals surface area contributed by atoms with E-state index >= 15 is 0 Å². The van der Waals surface area contributed by atoms with Crippen LogP contribution in [0.3, 0.4) is 0 Å². The van der Waals surface area contributed by atoms with E-state index in [9.17, 15) is 0 Å². The second-order valence-corrected chi connectivity index (χ2v) is 6.76. The van der Waals surface area contributed by atoms with E-state index in [4.69, 9.17) is 19.7 Å². The van der Waals surface area contributed by atoms with Crippen LogP contribution in [0.4, 0.5) is 0 Å². The van der Waals surface area contributed by atoms with Gasteiger partial charge in [0.1, 0.15) is 12.4 Å². The highest BCUT2D eigenvalue weighted by Gasteiger charge is 2.36. The lowest BCUT2D eigenvalue weighted by molar-refractivity contribution is 0.0679. The molecule has 1 aliphatic carbocycles. The van der Waals surface area contributed by atoms with Gasteiger partial charge in [0.2, 0.25) is 0 Å². The van der Waals surface area contributed by atoms with Crippen molar-refractivity contribution >= 4 is 12.4 Å². The molecule has 136 valence electrons. The van der Waals surface area contributed by atoms with Gasteiger partial charge in [0.15, 0.2) is 5.82 Å². The van der Waals surface area contributed by atoms with Crippen LogP contribution in [0.5, 0.6) is 5.75 Å². The topological polar surface area (TPSA) is 83.4 Å². The van der Waals surface area contributed by atoms with Gasteiger partial charge in [-0.2, -0.15) is 4.98 Å². The number of hydrogen-bond acceptors (Lipinski definition) is 6. The molecule has 25 heavy (non-hydrogen) atoms. The van der Waals surface area contributed by atoms with Crippen LogP contribution >= 0.6 is 12.4 Å². The number of rotatable bonds is 5. The van der Waals surface area contributed by atoms with Crippen LogP contribution in [0.2, 0.25) is 0 Å². The van der Waals surface area contributed by atoms with Crippen molar-refractivity contribution in [2.45, 2.75) is 50.2 Å². The molecule has 1 saturated heterocycles. The number of nitrogens with two attached hydrogens (primary N) is 1. The van der Waals surface area contributed by atoms with E-state index in [0.29, 0.717) is 18.3 Å². The Morgan fingerprint density at radius 1 is 1.16 bits per heavy atom. The average molecular weight is 366 g/mol. The third kappa shape index (κ3) is 3.97. The molecule has 2 heterocycles. The molecular weight excluding hydrogens is 342 g/mol. The third-order valence-corrected chi connectivity index (χ3v) is 4.93. The van der Waals surface area contributed by atoms with Crippen LogP contribution in [-0.4, -0.2) is 29.5 Å². The fraction of sp³-hybridized carbons (Fsp3) is 0.556. The molecule has 2 aliphatic rings. The van der Waals surface area contributed by atoms with Crippen molar-refractivity contribution < 1.29 is 14.0 Å². The van der Waals surface area contributed by atoms with Crippen molar-refractivity contribution in [3.05, 3.63) is 30.1 Å². The molecule has 1 aliphatic heterocycles. The van der Waals surface area contributed by atoms with Gasteiger partial charge in [-0.25, -0.2) is 0 Å². The van der Waals surface area contributed by atoms with Gasteiger partial charge in [-0.1, -0.05) is 18.0 Å². The Morgan fingerprint density at radius 3 is 2.60 bits per heavy atom. The number of halogens is 1. The molecule has 0 amide bonds. The maximum absolute atomic E-state index is 6.38. The largest absolute Gasteiger partial charge is 0.491 e. The first-order chi connectivity index (χ1) is 11.7. The second-order valence-electron chi connectivity index (χ2n) is 6.76. The van der Waals surface area contributed by atoms with Crippen molar-refractivity contribution in [3.63, 3.8) is 0 Å². The standard InChI is InChI=1S/C18H23N3O3.ClH/c19-18(9-1-2-10-18)17-20-16(24-21-17)13-5-7-14(8-6-13)23-12-15-4-3-11-22-15;/h5-8,15H,1-4,9-12,19H2;1H. The van der Waals surface area contributed by atoms with E-state index in [1.807, 2.05) is 24.3 Å². The van der Waals surface area contributed by atoms with E-state index in [0.717, 1.165) is 56.4 Å². The molecule has 1 aromatic heterocycles. The normalized spacial score (nSPS) is 21.9. The van der Waals surface area contributed by atoms with E-state index in [1.165, 1.54) is 0 Å². The highest BCUT2D eigenvalue weighted by Crippen LogP contribution is 2.35. The van der Waals surface area contributed by atoms with Crippen LogP contribution in [0.15, 0.2) is 28.8 Å². The van der Waals surface area contributed by atoms with Crippen LogP contribution in [0.1, 0.15) is 44.3 Å². The monoisotopic (exact) mass is 365 g/mol. The molecule has 2 aromatic rings. The van der Waals surface area contributed by atoms with Crippen molar-refractivity contribution in [1.29, 1.82) is 0 Å².